The van der Waals surface area contributed by atoms with Gasteiger partial charge in [-0.1, -0.05) is 48.6 Å². The Balaban J connectivity index is 1.61. The summed E-state index contributed by atoms with van der Waals surface area (Å²) in [7, 11) is 0. The summed E-state index contributed by atoms with van der Waals surface area (Å²) in [6, 6.07) is 21.5. The Morgan fingerprint density at radius 2 is 1.78 bits per heavy atom. The number of benzene rings is 3. The summed E-state index contributed by atoms with van der Waals surface area (Å²) in [6.45, 7) is 0. The van der Waals surface area contributed by atoms with Gasteiger partial charge in [0.2, 0.25) is 5.91 Å². The molecule has 0 spiro atoms. The quantitative estimate of drug-likeness (QED) is 0.246. The lowest BCUT2D eigenvalue weighted by Crippen LogP contribution is -2.17. The molecule has 5 nitrogen and oxygen atoms in total. The number of carbonyl (C=O) groups excluding carboxylic acids is 1. The van der Waals surface area contributed by atoms with Crippen molar-refractivity contribution < 1.29 is 22.7 Å². The van der Waals surface area contributed by atoms with Crippen molar-refractivity contribution in [3.05, 3.63) is 120 Å². The molecular weight excluding hydrogens is 467 g/mol. The Bertz CT molecular complexity index is 1500. The normalized spacial score (nSPS) is 11.9. The molecule has 178 valence electrons. The van der Waals surface area contributed by atoms with Crippen molar-refractivity contribution in [2.45, 2.75) is 6.36 Å². The van der Waals surface area contributed by atoms with Crippen LogP contribution in [-0.4, -0.2) is 17.3 Å². The fraction of sp³-hybridized carbons (Fsp3) is 0.0357. The summed E-state index contributed by atoms with van der Waals surface area (Å²) in [5, 5.41) is 13.8. The number of allylic oxidation sites excluding steroid dienone is 2. The molecule has 1 N–H and O–H groups in total. The zero-order valence-corrected chi connectivity index (χ0v) is 18.7. The maximum Gasteiger partial charge on any atom is 0.573 e. The Labute approximate surface area is 204 Å². The van der Waals surface area contributed by atoms with Gasteiger partial charge in [-0.3, -0.25) is 9.78 Å². The molecule has 0 atom stereocenters. The van der Waals surface area contributed by atoms with Crippen molar-refractivity contribution in [1.82, 2.24) is 4.98 Å². The van der Waals surface area contributed by atoms with Gasteiger partial charge >= 0.3 is 6.36 Å². The number of halogens is 3. The minimum Gasteiger partial charge on any atom is -0.406 e. The van der Waals surface area contributed by atoms with Crippen molar-refractivity contribution in [2.24, 2.45) is 0 Å². The van der Waals surface area contributed by atoms with E-state index in [-0.39, 0.29) is 11.7 Å². The Morgan fingerprint density at radius 1 is 1.00 bits per heavy atom. The summed E-state index contributed by atoms with van der Waals surface area (Å²) in [5.41, 5.74) is 2.89. The average Bonchev–Trinajstić information content (AvgIpc) is 2.87. The van der Waals surface area contributed by atoms with Gasteiger partial charge in [0, 0.05) is 34.9 Å². The van der Waals surface area contributed by atoms with Gasteiger partial charge in [0.05, 0.1) is 11.6 Å². The molecular formula is C28H18F3N3O2. The number of rotatable bonds is 6. The molecule has 36 heavy (non-hydrogen) atoms. The highest BCUT2D eigenvalue weighted by Crippen LogP contribution is 2.28. The number of carbonyl (C=O) groups is 1. The second-order valence-corrected chi connectivity index (χ2v) is 7.60. The molecule has 0 saturated heterocycles. The van der Waals surface area contributed by atoms with Crippen molar-refractivity contribution in [2.75, 3.05) is 5.32 Å². The maximum absolute atomic E-state index is 12.6. The Kier molecular flexibility index (Phi) is 7.12. The molecule has 0 radical (unpaired) electrons. The Morgan fingerprint density at radius 3 is 2.53 bits per heavy atom. The molecule has 0 unspecified atom stereocenters. The summed E-state index contributed by atoms with van der Waals surface area (Å²) >= 11 is 0. The number of nitrogens with zero attached hydrogens (tertiary/aromatic N) is 2. The van der Waals surface area contributed by atoms with Crippen molar-refractivity contribution in [1.29, 1.82) is 5.26 Å². The number of nitrogens with one attached hydrogen (secondary N) is 1. The number of amides is 1. The summed E-state index contributed by atoms with van der Waals surface area (Å²) in [6.07, 6.45) is 3.09. The lowest BCUT2D eigenvalue weighted by atomic mass is 9.96. The molecule has 0 aliphatic rings. The van der Waals surface area contributed by atoms with Gasteiger partial charge in [0.1, 0.15) is 5.75 Å². The van der Waals surface area contributed by atoms with Crippen molar-refractivity contribution in [3.8, 4) is 11.8 Å². The second kappa shape index (κ2) is 10.6. The summed E-state index contributed by atoms with van der Waals surface area (Å²) < 4.78 is 41.5. The third-order valence-corrected chi connectivity index (χ3v) is 5.15. The van der Waals surface area contributed by atoms with Crippen LogP contribution in [0.4, 0.5) is 18.9 Å². The van der Waals surface area contributed by atoms with E-state index in [0.717, 1.165) is 10.8 Å². The summed E-state index contributed by atoms with van der Waals surface area (Å²) in [4.78, 5) is 16.7. The van der Waals surface area contributed by atoms with Gasteiger partial charge in [-0.2, -0.15) is 5.26 Å². The van der Waals surface area contributed by atoms with Crippen LogP contribution in [0.15, 0.2) is 103 Å². The minimum absolute atomic E-state index is 0.350. The van der Waals surface area contributed by atoms with Gasteiger partial charge in [0.25, 0.3) is 0 Å². The van der Waals surface area contributed by atoms with E-state index in [1.807, 2.05) is 12.1 Å². The zero-order chi connectivity index (χ0) is 25.5. The van der Waals surface area contributed by atoms with E-state index >= 15 is 0 Å². The highest BCUT2D eigenvalue weighted by molar-refractivity contribution is 6.06. The van der Waals surface area contributed by atoms with Gasteiger partial charge in [-0.25, -0.2) is 0 Å². The van der Waals surface area contributed by atoms with Gasteiger partial charge in [-0.05, 0) is 53.1 Å². The molecule has 1 aromatic heterocycles. The molecule has 8 heteroatoms. The number of alkyl halides is 3. The third kappa shape index (κ3) is 6.15. The molecule has 0 aliphatic heterocycles. The summed E-state index contributed by atoms with van der Waals surface area (Å²) in [5.74, 6) is -0.716. The first-order chi connectivity index (χ1) is 17.3. The van der Waals surface area contributed by atoms with E-state index in [1.54, 1.807) is 54.9 Å². The standard InChI is InChI=1S/C28H18F3N3O2/c29-28(30,31)36-23-12-10-20(11-13-23)24(21-5-1-4-19(16-21)17-32)7-3-9-27(35)34-26-8-2-6-22-18-33-15-14-25(22)26/h1-16,18H,(H,34,35). The van der Waals surface area contributed by atoms with Crippen LogP contribution < -0.4 is 10.1 Å². The van der Waals surface area contributed by atoms with Gasteiger partial charge in [-0.15, -0.1) is 13.2 Å². The molecule has 4 aromatic rings. The SMILES string of the molecule is N#Cc1cccc(C(=CC=CC(=O)Nc2cccc3cnccc23)c2ccc(OC(F)(F)F)cc2)c1. The number of ether oxygens (including phenoxy) is 1. The lowest BCUT2D eigenvalue weighted by molar-refractivity contribution is -0.274. The number of anilines is 1. The Hall–Kier alpha value is -4.90. The molecule has 0 saturated carbocycles. The molecule has 1 amide bonds. The molecule has 0 aliphatic carbocycles. The van der Waals surface area contributed by atoms with E-state index < -0.39 is 6.36 Å². The van der Waals surface area contributed by atoms with Crippen LogP contribution in [0.3, 0.4) is 0 Å². The van der Waals surface area contributed by atoms with Crippen LogP contribution in [0.1, 0.15) is 16.7 Å². The largest absolute Gasteiger partial charge is 0.573 e. The van der Waals surface area contributed by atoms with E-state index in [4.69, 9.17) is 0 Å². The van der Waals surface area contributed by atoms with Crippen LogP contribution in [0.2, 0.25) is 0 Å². The minimum atomic E-state index is -4.79. The molecule has 0 bridgehead atoms. The van der Waals surface area contributed by atoms with Crippen LogP contribution in [-0.2, 0) is 4.79 Å². The fourth-order valence-electron chi connectivity index (χ4n) is 3.59. The van der Waals surface area contributed by atoms with Gasteiger partial charge in [0.15, 0.2) is 0 Å². The smallest absolute Gasteiger partial charge is 0.406 e. The van der Waals surface area contributed by atoms with E-state index in [0.29, 0.717) is 28.0 Å². The number of hydrogen-bond donors (Lipinski definition) is 1. The zero-order valence-electron chi connectivity index (χ0n) is 18.7. The highest BCUT2D eigenvalue weighted by atomic mass is 19.4. The fourth-order valence-corrected chi connectivity index (χ4v) is 3.59. The van der Waals surface area contributed by atoms with Crippen molar-refractivity contribution in [3.63, 3.8) is 0 Å². The van der Waals surface area contributed by atoms with E-state index in [9.17, 15) is 23.2 Å². The first kappa shape index (κ1) is 24.2. The third-order valence-electron chi connectivity index (χ3n) is 5.15. The topological polar surface area (TPSA) is 75.0 Å². The monoisotopic (exact) mass is 485 g/mol. The number of hydrogen-bond acceptors (Lipinski definition) is 4. The van der Waals surface area contributed by atoms with Crippen LogP contribution in [0.5, 0.6) is 5.75 Å². The average molecular weight is 485 g/mol. The molecule has 0 fully saturated rings. The second-order valence-electron chi connectivity index (χ2n) is 7.60. The predicted octanol–water partition coefficient (Wildman–Crippen LogP) is 6.63. The lowest BCUT2D eigenvalue weighted by Gasteiger charge is -2.11. The molecule has 1 heterocycles. The van der Waals surface area contributed by atoms with Crippen LogP contribution in [0, 0.1) is 11.3 Å². The maximum atomic E-state index is 12.6. The number of pyridine rings is 1. The van der Waals surface area contributed by atoms with Gasteiger partial charge < -0.3 is 10.1 Å². The first-order valence-electron chi connectivity index (χ1n) is 10.7. The molecule has 4 rings (SSSR count). The number of nitriles is 1. The van der Waals surface area contributed by atoms with Crippen LogP contribution in [0.25, 0.3) is 16.3 Å². The first-order valence-corrected chi connectivity index (χ1v) is 10.7. The van der Waals surface area contributed by atoms with E-state index in [1.165, 1.54) is 36.4 Å². The molecule has 3 aromatic carbocycles. The van der Waals surface area contributed by atoms with Crippen LogP contribution >= 0.6 is 0 Å². The predicted molar refractivity (Wildman–Crippen MR) is 131 cm³/mol. The van der Waals surface area contributed by atoms with E-state index in [2.05, 4.69) is 21.1 Å². The van der Waals surface area contributed by atoms with Crippen molar-refractivity contribution >= 4 is 27.9 Å². The number of aromatic nitrogens is 1. The number of fused-ring (bicyclic) bond motifs is 1. The highest BCUT2D eigenvalue weighted by Gasteiger charge is 2.31.